The molecule has 0 saturated carbocycles. The van der Waals surface area contributed by atoms with Crippen LogP contribution in [-0.4, -0.2) is 23.8 Å². The van der Waals surface area contributed by atoms with Crippen molar-refractivity contribution in [2.45, 2.75) is 116 Å². The van der Waals surface area contributed by atoms with E-state index >= 15 is 0 Å². The molecule has 0 aromatic heterocycles. The molecule has 0 spiro atoms. The SMILES string of the molecule is CCCCCCCCCCCCCCCCCC(=O)NC(O)CN. The Balaban J connectivity index is 3.11. The number of nitrogens with one attached hydrogen (secondary N) is 1. The topological polar surface area (TPSA) is 75.3 Å². The highest BCUT2D eigenvalue weighted by Crippen LogP contribution is 2.13. The minimum absolute atomic E-state index is 0.0740. The number of amides is 1. The molecule has 1 atom stereocenters. The normalized spacial score (nSPS) is 12.3. The number of carbonyl (C=O) groups is 1. The summed E-state index contributed by atoms with van der Waals surface area (Å²) in [6, 6.07) is 0. The van der Waals surface area contributed by atoms with Gasteiger partial charge >= 0.3 is 0 Å². The van der Waals surface area contributed by atoms with Gasteiger partial charge in [0.1, 0.15) is 6.23 Å². The Morgan fingerprint density at radius 2 is 1.17 bits per heavy atom. The zero-order valence-corrected chi connectivity index (χ0v) is 16.0. The van der Waals surface area contributed by atoms with Crippen molar-refractivity contribution in [3.63, 3.8) is 0 Å². The molecule has 0 bridgehead atoms. The molecular weight excluding hydrogens is 300 g/mol. The van der Waals surface area contributed by atoms with E-state index in [0.717, 1.165) is 12.8 Å². The molecular formula is C20H42N2O2. The zero-order valence-electron chi connectivity index (χ0n) is 16.0. The van der Waals surface area contributed by atoms with Crippen LogP contribution in [0.5, 0.6) is 0 Å². The summed E-state index contributed by atoms with van der Waals surface area (Å²) in [6.45, 7) is 2.34. The van der Waals surface area contributed by atoms with Crippen molar-refractivity contribution in [2.75, 3.05) is 6.54 Å². The Labute approximate surface area is 150 Å². The van der Waals surface area contributed by atoms with Gasteiger partial charge in [-0.2, -0.15) is 0 Å². The Morgan fingerprint density at radius 1 is 0.792 bits per heavy atom. The Kier molecular flexibility index (Phi) is 18.2. The third-order valence-corrected chi connectivity index (χ3v) is 4.56. The maximum absolute atomic E-state index is 11.4. The van der Waals surface area contributed by atoms with Gasteiger partial charge in [-0.05, 0) is 6.42 Å². The van der Waals surface area contributed by atoms with Crippen LogP contribution in [0.4, 0.5) is 0 Å². The minimum atomic E-state index is -0.895. The standard InChI is InChI=1S/C20H42N2O2/c1-2-3-4-5-6-7-8-9-10-11-12-13-14-15-16-17-19(23)22-20(24)18-21/h20,24H,2-18,21H2,1H3,(H,22,23). The number of rotatable bonds is 18. The summed E-state index contributed by atoms with van der Waals surface area (Å²) in [5.41, 5.74) is 5.24. The summed E-state index contributed by atoms with van der Waals surface area (Å²) in [4.78, 5) is 11.4. The van der Waals surface area contributed by atoms with Crippen LogP contribution in [0.15, 0.2) is 0 Å². The minimum Gasteiger partial charge on any atom is -0.372 e. The van der Waals surface area contributed by atoms with Crippen LogP contribution in [0.3, 0.4) is 0 Å². The van der Waals surface area contributed by atoms with E-state index in [1.807, 2.05) is 0 Å². The number of carbonyl (C=O) groups excluding carboxylic acids is 1. The van der Waals surface area contributed by atoms with Gasteiger partial charge < -0.3 is 16.2 Å². The fourth-order valence-electron chi connectivity index (χ4n) is 2.97. The predicted octanol–water partition coefficient (Wildman–Crippen LogP) is 4.64. The first kappa shape index (κ1) is 23.4. The van der Waals surface area contributed by atoms with Crippen molar-refractivity contribution in [1.29, 1.82) is 0 Å². The van der Waals surface area contributed by atoms with Crippen LogP contribution >= 0.6 is 0 Å². The molecule has 4 N–H and O–H groups in total. The lowest BCUT2D eigenvalue weighted by molar-refractivity contribution is -0.124. The average molecular weight is 343 g/mol. The van der Waals surface area contributed by atoms with Crippen molar-refractivity contribution in [1.82, 2.24) is 5.32 Å². The summed E-state index contributed by atoms with van der Waals surface area (Å²) in [5, 5.41) is 11.7. The lowest BCUT2D eigenvalue weighted by atomic mass is 10.0. The van der Waals surface area contributed by atoms with Crippen molar-refractivity contribution < 1.29 is 9.90 Å². The first-order valence-electron chi connectivity index (χ1n) is 10.4. The maximum Gasteiger partial charge on any atom is 0.222 e. The molecule has 0 aliphatic carbocycles. The quantitative estimate of drug-likeness (QED) is 0.251. The second-order valence-corrected chi connectivity index (χ2v) is 7.02. The van der Waals surface area contributed by atoms with Gasteiger partial charge in [0, 0.05) is 13.0 Å². The largest absolute Gasteiger partial charge is 0.372 e. The number of aliphatic hydroxyl groups is 1. The second kappa shape index (κ2) is 18.7. The van der Waals surface area contributed by atoms with Gasteiger partial charge in [-0.15, -0.1) is 0 Å². The summed E-state index contributed by atoms with van der Waals surface area (Å²) in [6.07, 6.45) is 19.4. The van der Waals surface area contributed by atoms with E-state index in [2.05, 4.69) is 12.2 Å². The summed E-state index contributed by atoms with van der Waals surface area (Å²) >= 11 is 0. The Hall–Kier alpha value is -0.610. The first-order valence-corrected chi connectivity index (χ1v) is 10.4. The zero-order chi connectivity index (χ0) is 17.9. The number of nitrogens with two attached hydrogens (primary N) is 1. The molecule has 0 aliphatic rings. The van der Waals surface area contributed by atoms with Crippen molar-refractivity contribution >= 4 is 5.91 Å². The number of unbranched alkanes of at least 4 members (excludes halogenated alkanes) is 14. The fraction of sp³-hybridized carbons (Fsp3) is 0.950. The summed E-state index contributed by atoms with van der Waals surface area (Å²) in [7, 11) is 0. The Bertz CT molecular complexity index is 272. The third kappa shape index (κ3) is 17.7. The lowest BCUT2D eigenvalue weighted by Gasteiger charge is -2.09. The monoisotopic (exact) mass is 342 g/mol. The van der Waals surface area contributed by atoms with Gasteiger partial charge in [0.2, 0.25) is 5.91 Å². The van der Waals surface area contributed by atoms with E-state index in [4.69, 9.17) is 5.73 Å². The second-order valence-electron chi connectivity index (χ2n) is 7.02. The summed E-state index contributed by atoms with van der Waals surface area (Å²) < 4.78 is 0. The van der Waals surface area contributed by atoms with E-state index in [-0.39, 0.29) is 12.5 Å². The molecule has 0 rings (SSSR count). The van der Waals surface area contributed by atoms with Gasteiger partial charge in [-0.3, -0.25) is 4.79 Å². The molecule has 0 fully saturated rings. The van der Waals surface area contributed by atoms with E-state index < -0.39 is 6.23 Å². The molecule has 4 nitrogen and oxygen atoms in total. The molecule has 4 heteroatoms. The molecule has 0 heterocycles. The van der Waals surface area contributed by atoms with Crippen molar-refractivity contribution in [3.8, 4) is 0 Å². The van der Waals surface area contributed by atoms with Gasteiger partial charge in [-0.1, -0.05) is 96.8 Å². The highest BCUT2D eigenvalue weighted by Gasteiger charge is 2.05. The lowest BCUT2D eigenvalue weighted by Crippen LogP contribution is -2.39. The number of hydrogen-bond acceptors (Lipinski definition) is 3. The Morgan fingerprint density at radius 3 is 1.54 bits per heavy atom. The van der Waals surface area contributed by atoms with E-state index in [1.165, 1.54) is 83.5 Å². The third-order valence-electron chi connectivity index (χ3n) is 4.56. The highest BCUT2D eigenvalue weighted by atomic mass is 16.3. The molecule has 1 unspecified atom stereocenters. The maximum atomic E-state index is 11.4. The summed E-state index contributed by atoms with van der Waals surface area (Å²) in [5.74, 6) is -0.0948. The van der Waals surface area contributed by atoms with E-state index in [0.29, 0.717) is 6.42 Å². The van der Waals surface area contributed by atoms with Gasteiger partial charge in [-0.25, -0.2) is 0 Å². The van der Waals surface area contributed by atoms with E-state index in [9.17, 15) is 9.90 Å². The van der Waals surface area contributed by atoms with Crippen LogP contribution in [0.25, 0.3) is 0 Å². The average Bonchev–Trinajstić information content (AvgIpc) is 2.58. The van der Waals surface area contributed by atoms with Crippen LogP contribution in [-0.2, 0) is 4.79 Å². The molecule has 0 aromatic rings. The fourth-order valence-corrected chi connectivity index (χ4v) is 2.97. The van der Waals surface area contributed by atoms with Gasteiger partial charge in [0.05, 0.1) is 0 Å². The van der Waals surface area contributed by atoms with Crippen molar-refractivity contribution in [3.05, 3.63) is 0 Å². The molecule has 144 valence electrons. The van der Waals surface area contributed by atoms with E-state index in [1.54, 1.807) is 0 Å². The molecule has 0 aliphatic heterocycles. The van der Waals surface area contributed by atoms with Gasteiger partial charge in [0.15, 0.2) is 0 Å². The van der Waals surface area contributed by atoms with Crippen LogP contribution in [0.1, 0.15) is 110 Å². The molecule has 0 aromatic carbocycles. The molecule has 0 saturated heterocycles. The van der Waals surface area contributed by atoms with Crippen LogP contribution < -0.4 is 11.1 Å². The molecule has 1 amide bonds. The van der Waals surface area contributed by atoms with Crippen molar-refractivity contribution in [2.24, 2.45) is 5.73 Å². The van der Waals surface area contributed by atoms with Gasteiger partial charge in [0.25, 0.3) is 0 Å². The highest BCUT2D eigenvalue weighted by molar-refractivity contribution is 5.75. The molecule has 0 radical (unpaired) electrons. The van der Waals surface area contributed by atoms with Crippen LogP contribution in [0, 0.1) is 0 Å². The number of hydrogen-bond donors (Lipinski definition) is 3. The predicted molar refractivity (Wildman–Crippen MR) is 103 cm³/mol. The van der Waals surface area contributed by atoms with Crippen LogP contribution in [0.2, 0.25) is 0 Å². The smallest absolute Gasteiger partial charge is 0.222 e. The number of aliphatic hydroxyl groups excluding tert-OH is 1. The molecule has 24 heavy (non-hydrogen) atoms. The first-order chi connectivity index (χ1) is 11.7.